The Bertz CT molecular complexity index is 244. The summed E-state index contributed by atoms with van der Waals surface area (Å²) in [6, 6.07) is 0. The van der Waals surface area contributed by atoms with Crippen LogP contribution in [0, 0.1) is 0 Å². The number of hydrogen-bond donors (Lipinski definition) is 1. The van der Waals surface area contributed by atoms with Crippen molar-refractivity contribution in [2.45, 2.75) is 31.2 Å². The van der Waals surface area contributed by atoms with Crippen LogP contribution in [-0.4, -0.2) is 16.0 Å². The largest absolute Gasteiger partial charge is 0.383 e. The second-order valence-electron chi connectivity index (χ2n) is 2.67. The van der Waals surface area contributed by atoms with Gasteiger partial charge in [0, 0.05) is 6.54 Å². The van der Waals surface area contributed by atoms with E-state index in [1.165, 1.54) is 6.42 Å². The number of thioether (sulfide) groups is 1. The molecule has 0 spiro atoms. The molecule has 0 bridgehead atoms. The fraction of sp³-hybridized carbons (Fsp3) is 0.625. The van der Waals surface area contributed by atoms with Crippen LogP contribution in [-0.2, 0) is 6.54 Å². The van der Waals surface area contributed by atoms with Gasteiger partial charge in [-0.3, -0.25) is 0 Å². The van der Waals surface area contributed by atoms with Crippen LogP contribution in [0.5, 0.6) is 0 Å². The van der Waals surface area contributed by atoms with Gasteiger partial charge in [-0.1, -0.05) is 13.3 Å². The summed E-state index contributed by atoms with van der Waals surface area (Å²) in [5.41, 5.74) is 5.83. The third kappa shape index (κ3) is 1.94. The lowest BCUT2D eigenvalue weighted by atomic mass is 10.3. The van der Waals surface area contributed by atoms with Crippen molar-refractivity contribution in [3.05, 3.63) is 6.20 Å². The summed E-state index contributed by atoms with van der Waals surface area (Å²) in [7, 11) is 0. The fourth-order valence-electron chi connectivity index (χ4n) is 1.02. The number of anilines is 1. The molecule has 68 valence electrons. The van der Waals surface area contributed by atoms with E-state index < -0.39 is 0 Å². The first-order valence-electron chi connectivity index (χ1n) is 4.14. The molecule has 0 aliphatic rings. The van der Waals surface area contributed by atoms with E-state index in [0.717, 1.165) is 23.7 Å². The number of nitrogens with zero attached hydrogens (tertiary/aromatic N) is 2. The summed E-state index contributed by atoms with van der Waals surface area (Å²) in [6.45, 7) is 3.10. The van der Waals surface area contributed by atoms with Crippen LogP contribution in [0.25, 0.3) is 0 Å². The minimum Gasteiger partial charge on any atom is -0.383 e. The van der Waals surface area contributed by atoms with E-state index in [2.05, 4.69) is 12.0 Å². The maximum Gasteiger partial charge on any atom is 0.135 e. The zero-order chi connectivity index (χ0) is 8.97. The number of rotatable bonds is 4. The lowest BCUT2D eigenvalue weighted by molar-refractivity contribution is 0.578. The quantitative estimate of drug-likeness (QED) is 0.729. The summed E-state index contributed by atoms with van der Waals surface area (Å²) < 4.78 is 1.87. The number of hydrogen-bond acceptors (Lipinski definition) is 3. The average molecular weight is 185 g/mol. The van der Waals surface area contributed by atoms with E-state index in [9.17, 15) is 0 Å². The molecule has 0 saturated carbocycles. The first-order valence-corrected chi connectivity index (χ1v) is 5.37. The summed E-state index contributed by atoms with van der Waals surface area (Å²) in [5.74, 6) is 0.802. The van der Waals surface area contributed by atoms with Gasteiger partial charge in [0.25, 0.3) is 0 Å². The molecular formula is C8H15N3S. The standard InChI is InChI=1S/C8H15N3S/c1-3-4-5-11-8(9)7(12-2)6-10-11/h6H,3-5,9H2,1-2H3. The second kappa shape index (κ2) is 4.40. The summed E-state index contributed by atoms with van der Waals surface area (Å²) >= 11 is 1.64. The van der Waals surface area contributed by atoms with E-state index in [4.69, 9.17) is 5.73 Å². The van der Waals surface area contributed by atoms with E-state index in [-0.39, 0.29) is 0 Å². The van der Waals surface area contributed by atoms with E-state index >= 15 is 0 Å². The van der Waals surface area contributed by atoms with Crippen molar-refractivity contribution in [2.24, 2.45) is 0 Å². The van der Waals surface area contributed by atoms with Crippen LogP contribution in [0.1, 0.15) is 19.8 Å². The Kier molecular flexibility index (Phi) is 3.47. The number of aryl methyl sites for hydroxylation is 1. The Morgan fingerprint density at radius 3 is 2.92 bits per heavy atom. The predicted octanol–water partition coefficient (Wildman–Crippen LogP) is 1.99. The first-order chi connectivity index (χ1) is 5.79. The fourth-order valence-corrected chi connectivity index (χ4v) is 1.49. The molecule has 1 heterocycles. The Morgan fingerprint density at radius 2 is 2.42 bits per heavy atom. The molecule has 0 unspecified atom stereocenters. The molecular weight excluding hydrogens is 170 g/mol. The van der Waals surface area contributed by atoms with Gasteiger partial charge in [0.1, 0.15) is 5.82 Å². The maximum absolute atomic E-state index is 5.83. The molecule has 0 radical (unpaired) electrons. The molecule has 0 atom stereocenters. The highest BCUT2D eigenvalue weighted by Gasteiger charge is 2.04. The number of unbranched alkanes of at least 4 members (excludes halogenated alkanes) is 1. The van der Waals surface area contributed by atoms with Crippen LogP contribution in [0.3, 0.4) is 0 Å². The van der Waals surface area contributed by atoms with Crippen molar-refractivity contribution in [3.63, 3.8) is 0 Å². The summed E-state index contributed by atoms with van der Waals surface area (Å²) in [5, 5.41) is 4.19. The van der Waals surface area contributed by atoms with Crippen molar-refractivity contribution in [3.8, 4) is 0 Å². The Morgan fingerprint density at radius 1 is 1.67 bits per heavy atom. The predicted molar refractivity (Wildman–Crippen MR) is 53.3 cm³/mol. The molecule has 0 amide bonds. The minimum absolute atomic E-state index is 0.802. The van der Waals surface area contributed by atoms with E-state index in [0.29, 0.717) is 0 Å². The third-order valence-corrected chi connectivity index (χ3v) is 2.54. The number of nitrogen functional groups attached to an aromatic ring is 1. The van der Waals surface area contributed by atoms with Gasteiger partial charge in [0.05, 0.1) is 11.1 Å². The molecule has 2 N–H and O–H groups in total. The monoisotopic (exact) mass is 185 g/mol. The number of nitrogens with two attached hydrogens (primary N) is 1. The van der Waals surface area contributed by atoms with Gasteiger partial charge in [0.2, 0.25) is 0 Å². The molecule has 0 saturated heterocycles. The Hall–Kier alpha value is -0.640. The molecule has 0 aliphatic heterocycles. The third-order valence-electron chi connectivity index (χ3n) is 1.79. The highest BCUT2D eigenvalue weighted by Crippen LogP contribution is 2.21. The highest BCUT2D eigenvalue weighted by molar-refractivity contribution is 7.98. The first kappa shape index (κ1) is 9.45. The van der Waals surface area contributed by atoms with Crippen molar-refractivity contribution in [1.29, 1.82) is 0 Å². The smallest absolute Gasteiger partial charge is 0.135 e. The van der Waals surface area contributed by atoms with Gasteiger partial charge >= 0.3 is 0 Å². The van der Waals surface area contributed by atoms with Crippen LogP contribution in [0.4, 0.5) is 5.82 Å². The van der Waals surface area contributed by atoms with E-state index in [1.807, 2.05) is 17.1 Å². The Labute approximate surface area is 77.3 Å². The zero-order valence-corrected chi connectivity index (χ0v) is 8.40. The minimum atomic E-state index is 0.802. The SMILES string of the molecule is CCCCn1ncc(SC)c1N. The van der Waals surface area contributed by atoms with Gasteiger partial charge < -0.3 is 5.73 Å². The zero-order valence-electron chi connectivity index (χ0n) is 7.58. The number of aromatic nitrogens is 2. The molecule has 3 nitrogen and oxygen atoms in total. The highest BCUT2D eigenvalue weighted by atomic mass is 32.2. The summed E-state index contributed by atoms with van der Waals surface area (Å²) in [4.78, 5) is 1.08. The molecule has 1 aromatic heterocycles. The van der Waals surface area contributed by atoms with Gasteiger partial charge in [-0.05, 0) is 12.7 Å². The van der Waals surface area contributed by atoms with Crippen molar-refractivity contribution < 1.29 is 0 Å². The van der Waals surface area contributed by atoms with Crippen molar-refractivity contribution in [2.75, 3.05) is 12.0 Å². The van der Waals surface area contributed by atoms with Gasteiger partial charge in [-0.15, -0.1) is 11.8 Å². The van der Waals surface area contributed by atoms with Crippen molar-refractivity contribution >= 4 is 17.6 Å². The van der Waals surface area contributed by atoms with Crippen LogP contribution in [0.2, 0.25) is 0 Å². The molecule has 0 aliphatic carbocycles. The maximum atomic E-state index is 5.83. The van der Waals surface area contributed by atoms with Crippen LogP contribution in [0.15, 0.2) is 11.1 Å². The molecule has 12 heavy (non-hydrogen) atoms. The lowest BCUT2D eigenvalue weighted by Gasteiger charge is -2.02. The van der Waals surface area contributed by atoms with Gasteiger partial charge in [-0.2, -0.15) is 5.10 Å². The van der Waals surface area contributed by atoms with Gasteiger partial charge in [-0.25, -0.2) is 4.68 Å². The second-order valence-corrected chi connectivity index (χ2v) is 3.52. The van der Waals surface area contributed by atoms with Crippen molar-refractivity contribution in [1.82, 2.24) is 9.78 Å². The molecule has 0 aromatic carbocycles. The molecule has 4 heteroatoms. The topological polar surface area (TPSA) is 43.8 Å². The van der Waals surface area contributed by atoms with Crippen LogP contribution >= 0.6 is 11.8 Å². The van der Waals surface area contributed by atoms with E-state index in [1.54, 1.807) is 11.8 Å². The lowest BCUT2D eigenvalue weighted by Crippen LogP contribution is -2.04. The van der Waals surface area contributed by atoms with Crippen LogP contribution < -0.4 is 5.73 Å². The molecule has 1 aromatic rings. The Balaban J connectivity index is 2.66. The average Bonchev–Trinajstić information content (AvgIpc) is 2.43. The summed E-state index contributed by atoms with van der Waals surface area (Å²) in [6.07, 6.45) is 6.15. The molecule has 0 fully saturated rings. The molecule has 1 rings (SSSR count). The van der Waals surface area contributed by atoms with Gasteiger partial charge in [0.15, 0.2) is 0 Å². The normalized spacial score (nSPS) is 10.5.